The lowest BCUT2D eigenvalue weighted by Gasteiger charge is -2.57. The standard InChI is InChI=1S/C18H24N2O2.ClH/c1-10-3-14-15(9-22-16(14)4-11(10)2)17(21)20-13-7-18(8-13)5-12(19)6-18;/h3-4,12-13,15H,5-9,19H2,1-2H3,(H,20,21);1H. The van der Waals surface area contributed by atoms with Crippen LogP contribution >= 0.6 is 12.4 Å². The van der Waals surface area contributed by atoms with E-state index in [0.29, 0.717) is 24.1 Å². The van der Waals surface area contributed by atoms with E-state index in [1.807, 2.05) is 6.07 Å². The number of amides is 1. The predicted molar refractivity (Wildman–Crippen MR) is 92.2 cm³/mol. The zero-order valence-electron chi connectivity index (χ0n) is 13.7. The van der Waals surface area contributed by atoms with Gasteiger partial charge in [-0.05, 0) is 62.1 Å². The van der Waals surface area contributed by atoms with Crippen molar-refractivity contribution in [2.24, 2.45) is 11.1 Å². The molecule has 2 fully saturated rings. The highest BCUT2D eigenvalue weighted by Crippen LogP contribution is 2.55. The molecule has 0 saturated heterocycles. The number of nitrogens with two attached hydrogens (primary N) is 1. The second kappa shape index (κ2) is 5.67. The van der Waals surface area contributed by atoms with E-state index in [1.54, 1.807) is 0 Å². The maximum absolute atomic E-state index is 12.6. The summed E-state index contributed by atoms with van der Waals surface area (Å²) < 4.78 is 5.71. The van der Waals surface area contributed by atoms with Crippen LogP contribution in [0.1, 0.15) is 48.3 Å². The van der Waals surface area contributed by atoms with Crippen LogP contribution in [0, 0.1) is 19.3 Å². The molecule has 23 heavy (non-hydrogen) atoms. The Bertz CT molecular complexity index is 632. The number of hydrogen-bond acceptors (Lipinski definition) is 3. The number of aryl methyl sites for hydroxylation is 2. The van der Waals surface area contributed by atoms with E-state index >= 15 is 0 Å². The minimum Gasteiger partial charge on any atom is -0.492 e. The van der Waals surface area contributed by atoms with Crippen molar-refractivity contribution in [3.05, 3.63) is 28.8 Å². The first-order valence-corrected chi connectivity index (χ1v) is 8.26. The first kappa shape index (κ1) is 16.6. The molecule has 1 atom stereocenters. The summed E-state index contributed by atoms with van der Waals surface area (Å²) in [5.41, 5.74) is 9.81. The summed E-state index contributed by atoms with van der Waals surface area (Å²) in [6.07, 6.45) is 4.46. The summed E-state index contributed by atoms with van der Waals surface area (Å²) in [4.78, 5) is 12.6. The molecule has 1 unspecified atom stereocenters. The van der Waals surface area contributed by atoms with E-state index in [0.717, 1.165) is 37.0 Å². The van der Waals surface area contributed by atoms with Gasteiger partial charge < -0.3 is 15.8 Å². The lowest BCUT2D eigenvalue weighted by atomic mass is 9.52. The quantitative estimate of drug-likeness (QED) is 0.872. The highest BCUT2D eigenvalue weighted by atomic mass is 35.5. The number of halogens is 1. The Labute approximate surface area is 143 Å². The summed E-state index contributed by atoms with van der Waals surface area (Å²) >= 11 is 0. The van der Waals surface area contributed by atoms with Gasteiger partial charge in [0.25, 0.3) is 0 Å². The third-order valence-corrected chi connectivity index (χ3v) is 5.82. The summed E-state index contributed by atoms with van der Waals surface area (Å²) in [6, 6.07) is 4.87. The Morgan fingerprint density at radius 2 is 1.87 bits per heavy atom. The first-order valence-electron chi connectivity index (χ1n) is 8.26. The van der Waals surface area contributed by atoms with Crippen LogP contribution in [0.3, 0.4) is 0 Å². The molecule has 0 radical (unpaired) electrons. The predicted octanol–water partition coefficient (Wildman–Crippen LogP) is 2.59. The minimum absolute atomic E-state index is 0. The minimum atomic E-state index is -0.158. The second-order valence-electron chi connectivity index (χ2n) is 7.62. The number of rotatable bonds is 2. The van der Waals surface area contributed by atoms with Gasteiger partial charge in [0.1, 0.15) is 18.3 Å². The molecule has 4 nitrogen and oxygen atoms in total. The van der Waals surface area contributed by atoms with Crippen LogP contribution in [-0.4, -0.2) is 24.6 Å². The van der Waals surface area contributed by atoms with Crippen molar-refractivity contribution in [1.82, 2.24) is 5.32 Å². The molecule has 1 heterocycles. The summed E-state index contributed by atoms with van der Waals surface area (Å²) in [6.45, 7) is 4.62. The van der Waals surface area contributed by atoms with Crippen molar-refractivity contribution in [1.29, 1.82) is 0 Å². The molecule has 1 aromatic carbocycles. The summed E-state index contributed by atoms with van der Waals surface area (Å²) in [5, 5.41) is 3.21. The maximum atomic E-state index is 12.6. The van der Waals surface area contributed by atoms with E-state index in [-0.39, 0.29) is 24.2 Å². The molecule has 1 aromatic rings. The van der Waals surface area contributed by atoms with Crippen molar-refractivity contribution in [3.8, 4) is 5.75 Å². The fourth-order valence-electron chi connectivity index (χ4n) is 4.46. The fraction of sp³-hybridized carbons (Fsp3) is 0.611. The van der Waals surface area contributed by atoms with Gasteiger partial charge >= 0.3 is 0 Å². The van der Waals surface area contributed by atoms with Crippen LogP contribution in [0.5, 0.6) is 5.75 Å². The SMILES string of the molecule is Cc1cc2c(cc1C)C(C(=O)NC1CC3(CC(N)C3)C1)CO2.Cl. The Morgan fingerprint density at radius 3 is 2.52 bits per heavy atom. The van der Waals surface area contributed by atoms with Crippen molar-refractivity contribution in [2.75, 3.05) is 6.61 Å². The van der Waals surface area contributed by atoms with Gasteiger partial charge in [0.05, 0.1) is 0 Å². The van der Waals surface area contributed by atoms with Gasteiger partial charge in [0, 0.05) is 17.6 Å². The second-order valence-corrected chi connectivity index (χ2v) is 7.62. The van der Waals surface area contributed by atoms with Gasteiger partial charge in [-0.15, -0.1) is 12.4 Å². The van der Waals surface area contributed by atoms with E-state index in [9.17, 15) is 4.79 Å². The molecule has 1 amide bonds. The Balaban J connectivity index is 0.00000156. The molecule has 3 aliphatic rings. The van der Waals surface area contributed by atoms with Crippen molar-refractivity contribution in [2.45, 2.75) is 57.5 Å². The monoisotopic (exact) mass is 336 g/mol. The van der Waals surface area contributed by atoms with E-state index < -0.39 is 0 Å². The third kappa shape index (κ3) is 2.72. The smallest absolute Gasteiger partial charge is 0.231 e. The van der Waals surface area contributed by atoms with Crippen molar-refractivity contribution >= 4 is 18.3 Å². The number of hydrogen-bond donors (Lipinski definition) is 2. The van der Waals surface area contributed by atoms with Crippen LogP contribution in [0.25, 0.3) is 0 Å². The lowest BCUT2D eigenvalue weighted by Crippen LogP contribution is -2.60. The molecular formula is C18H25ClN2O2. The highest BCUT2D eigenvalue weighted by molar-refractivity contribution is 5.86. The van der Waals surface area contributed by atoms with Gasteiger partial charge in [0.15, 0.2) is 0 Å². The van der Waals surface area contributed by atoms with Gasteiger partial charge in [-0.3, -0.25) is 4.79 Å². The van der Waals surface area contributed by atoms with Crippen LogP contribution < -0.4 is 15.8 Å². The average molecular weight is 337 g/mol. The zero-order chi connectivity index (χ0) is 15.5. The molecule has 3 N–H and O–H groups in total. The molecule has 0 bridgehead atoms. The van der Waals surface area contributed by atoms with Crippen LogP contribution in [-0.2, 0) is 4.79 Å². The fourth-order valence-corrected chi connectivity index (χ4v) is 4.46. The highest BCUT2D eigenvalue weighted by Gasteiger charge is 2.52. The molecule has 0 aromatic heterocycles. The number of nitrogens with one attached hydrogen (secondary N) is 1. The number of benzene rings is 1. The summed E-state index contributed by atoms with van der Waals surface area (Å²) in [7, 11) is 0. The average Bonchev–Trinajstić information content (AvgIpc) is 2.78. The Hall–Kier alpha value is -1.26. The molecular weight excluding hydrogens is 312 g/mol. The number of fused-ring (bicyclic) bond motifs is 1. The van der Waals surface area contributed by atoms with Crippen LogP contribution in [0.2, 0.25) is 0 Å². The molecule has 126 valence electrons. The van der Waals surface area contributed by atoms with E-state index in [2.05, 4.69) is 25.2 Å². The number of carbonyl (C=O) groups is 1. The normalized spacial score (nSPS) is 33.8. The lowest BCUT2D eigenvalue weighted by molar-refractivity contribution is -0.126. The molecule has 2 aliphatic carbocycles. The third-order valence-electron chi connectivity index (χ3n) is 5.82. The molecule has 1 spiro atoms. The Morgan fingerprint density at radius 1 is 1.22 bits per heavy atom. The molecule has 4 rings (SSSR count). The molecule has 5 heteroatoms. The molecule has 2 saturated carbocycles. The summed E-state index contributed by atoms with van der Waals surface area (Å²) in [5.74, 6) is 0.832. The topological polar surface area (TPSA) is 64.4 Å². The van der Waals surface area contributed by atoms with Crippen molar-refractivity contribution < 1.29 is 9.53 Å². The van der Waals surface area contributed by atoms with Gasteiger partial charge in [-0.2, -0.15) is 0 Å². The van der Waals surface area contributed by atoms with E-state index in [1.165, 1.54) is 11.1 Å². The van der Waals surface area contributed by atoms with E-state index in [4.69, 9.17) is 10.5 Å². The maximum Gasteiger partial charge on any atom is 0.231 e. The van der Waals surface area contributed by atoms with Gasteiger partial charge in [-0.25, -0.2) is 0 Å². The first-order chi connectivity index (χ1) is 10.5. The Kier molecular flexibility index (Phi) is 4.09. The zero-order valence-corrected chi connectivity index (χ0v) is 14.5. The van der Waals surface area contributed by atoms with Gasteiger partial charge in [0.2, 0.25) is 5.91 Å². The largest absolute Gasteiger partial charge is 0.492 e. The van der Waals surface area contributed by atoms with Gasteiger partial charge in [-0.1, -0.05) is 6.07 Å². The number of carbonyl (C=O) groups excluding carboxylic acids is 1. The molecule has 1 aliphatic heterocycles. The van der Waals surface area contributed by atoms with Crippen LogP contribution in [0.4, 0.5) is 0 Å². The van der Waals surface area contributed by atoms with Crippen LogP contribution in [0.15, 0.2) is 12.1 Å². The number of ether oxygens (including phenoxy) is 1. The van der Waals surface area contributed by atoms with Crippen molar-refractivity contribution in [3.63, 3.8) is 0 Å².